The van der Waals surface area contributed by atoms with E-state index in [2.05, 4.69) is 14.5 Å². The molecule has 2 aromatic heterocycles. The summed E-state index contributed by atoms with van der Waals surface area (Å²) >= 11 is 0. The quantitative estimate of drug-likeness (QED) is 0.506. The molecule has 4 nitrogen and oxygen atoms in total. The highest BCUT2D eigenvalue weighted by atomic mass is 15.1. The average molecular weight is 294 g/mol. The van der Waals surface area contributed by atoms with Crippen LogP contribution in [-0.2, 0) is 13.5 Å². The molecule has 0 spiro atoms. The van der Waals surface area contributed by atoms with E-state index in [0.29, 0.717) is 12.0 Å². The van der Waals surface area contributed by atoms with Gasteiger partial charge >= 0.3 is 0 Å². The molecule has 1 aliphatic heterocycles. The molecule has 0 saturated carbocycles. The second-order valence-corrected chi connectivity index (χ2v) is 5.85. The Kier molecular flexibility index (Phi) is 2.10. The van der Waals surface area contributed by atoms with Crippen LogP contribution in [0.5, 0.6) is 0 Å². The molecule has 1 aliphatic rings. The Hall–Kier alpha value is -2.49. The van der Waals surface area contributed by atoms with Crippen LogP contribution >= 0.6 is 0 Å². The number of aryl methyl sites for hydroxylation is 3. The predicted molar refractivity (Wildman–Crippen MR) is 85.0 cm³/mol. The number of hydrogen-bond donors (Lipinski definition) is 0. The van der Waals surface area contributed by atoms with Crippen LogP contribution in [0, 0.1) is 20.7 Å². The third-order valence-electron chi connectivity index (χ3n) is 4.36. The lowest BCUT2D eigenvalue weighted by Crippen LogP contribution is -2.32. The summed E-state index contributed by atoms with van der Waals surface area (Å²) in [6.07, 6.45) is 6.13. The van der Waals surface area contributed by atoms with Gasteiger partial charge in [-0.05, 0) is 30.5 Å². The summed E-state index contributed by atoms with van der Waals surface area (Å²) in [4.78, 5) is 8.74. The van der Waals surface area contributed by atoms with Crippen LogP contribution in [0.25, 0.3) is 16.9 Å². The summed E-state index contributed by atoms with van der Waals surface area (Å²) < 4.78 is 27.8. The van der Waals surface area contributed by atoms with Crippen molar-refractivity contribution in [2.75, 3.05) is 0 Å². The van der Waals surface area contributed by atoms with Gasteiger partial charge in [0.1, 0.15) is 11.5 Å². The minimum Gasteiger partial charge on any atom is -0.302 e. The van der Waals surface area contributed by atoms with Crippen molar-refractivity contribution in [3.8, 4) is 16.9 Å². The van der Waals surface area contributed by atoms with Crippen LogP contribution < -0.4 is 4.57 Å². The summed E-state index contributed by atoms with van der Waals surface area (Å²) in [7, 11) is 1.93. The number of nitrogens with zero attached hydrogens (tertiary/aromatic N) is 4. The Balaban J connectivity index is 2.13. The van der Waals surface area contributed by atoms with Gasteiger partial charge in [-0.1, -0.05) is 11.1 Å². The van der Waals surface area contributed by atoms with E-state index in [-0.39, 0.29) is 0 Å². The van der Waals surface area contributed by atoms with E-state index in [0.717, 1.165) is 39.6 Å². The molecule has 3 aromatic rings. The molecule has 0 aliphatic carbocycles. The van der Waals surface area contributed by atoms with Crippen LogP contribution in [0.4, 0.5) is 0 Å². The molecule has 22 heavy (non-hydrogen) atoms. The van der Waals surface area contributed by atoms with Crippen molar-refractivity contribution < 1.29 is 8.68 Å². The molecule has 0 unspecified atom stereocenters. The zero-order chi connectivity index (χ0) is 17.9. The lowest BCUT2D eigenvalue weighted by atomic mass is 9.94. The van der Waals surface area contributed by atoms with Crippen LogP contribution in [0.1, 0.15) is 32.3 Å². The van der Waals surface area contributed by atoms with Gasteiger partial charge in [0.15, 0.2) is 5.69 Å². The highest BCUT2D eigenvalue weighted by Crippen LogP contribution is 2.38. The van der Waals surface area contributed by atoms with Crippen molar-refractivity contribution >= 4 is 0 Å². The molecule has 0 radical (unpaired) electrons. The Labute approximate surface area is 134 Å². The fourth-order valence-corrected chi connectivity index (χ4v) is 3.21. The Morgan fingerprint density at radius 1 is 1.27 bits per heavy atom. The fourth-order valence-electron chi connectivity index (χ4n) is 3.21. The molecule has 0 saturated heterocycles. The van der Waals surface area contributed by atoms with Crippen molar-refractivity contribution in [2.45, 2.75) is 27.1 Å². The van der Waals surface area contributed by atoms with Gasteiger partial charge in [0, 0.05) is 41.5 Å². The molecular weight excluding hydrogens is 272 g/mol. The van der Waals surface area contributed by atoms with E-state index in [1.807, 2.05) is 43.8 Å². The van der Waals surface area contributed by atoms with Gasteiger partial charge in [-0.25, -0.2) is 9.55 Å². The smallest absolute Gasteiger partial charge is 0.286 e. The summed E-state index contributed by atoms with van der Waals surface area (Å²) in [5.41, 5.74) is 6.00. The maximum atomic E-state index is 7.95. The summed E-state index contributed by atoms with van der Waals surface area (Å²) in [5.74, 6) is 0.937. The largest absolute Gasteiger partial charge is 0.302 e. The van der Waals surface area contributed by atoms with Crippen LogP contribution in [0.15, 0.2) is 30.9 Å². The number of rotatable bonds is 1. The van der Waals surface area contributed by atoms with Gasteiger partial charge in [0.05, 0.1) is 12.7 Å². The van der Waals surface area contributed by atoms with Crippen molar-refractivity contribution in [1.82, 2.24) is 14.5 Å². The minimum absolute atomic E-state index is 0.404. The average Bonchev–Trinajstić information content (AvgIpc) is 3.09. The molecule has 0 amide bonds. The lowest BCUT2D eigenvalue weighted by Gasteiger charge is -2.16. The molecule has 110 valence electrons. The third kappa shape index (κ3) is 1.73. The number of hydrogen-bond acceptors (Lipinski definition) is 2. The van der Waals surface area contributed by atoms with Gasteiger partial charge in [0.2, 0.25) is 0 Å². The number of benzene rings is 1. The zero-order valence-corrected chi connectivity index (χ0v) is 12.9. The van der Waals surface area contributed by atoms with Crippen LogP contribution in [0.2, 0.25) is 0 Å². The summed E-state index contributed by atoms with van der Waals surface area (Å²) in [6.45, 7) is 1.68. The first kappa shape index (κ1) is 10.3. The SMILES string of the molecule is [2H]C([2H])([2H])c1cc2c(c(-c3cc(C)nc[n+]3C)c1C)-n1ccnc1C2. The van der Waals surface area contributed by atoms with Crippen LogP contribution in [-0.4, -0.2) is 14.5 Å². The van der Waals surface area contributed by atoms with Crippen LogP contribution in [0.3, 0.4) is 0 Å². The summed E-state index contributed by atoms with van der Waals surface area (Å²) in [6, 6.07) is 3.82. The maximum Gasteiger partial charge on any atom is 0.286 e. The van der Waals surface area contributed by atoms with Gasteiger partial charge < -0.3 is 4.57 Å². The van der Waals surface area contributed by atoms with E-state index >= 15 is 0 Å². The normalized spacial score (nSPS) is 15.0. The van der Waals surface area contributed by atoms with Crippen molar-refractivity contribution in [3.05, 3.63) is 59.1 Å². The van der Waals surface area contributed by atoms with E-state index in [1.54, 1.807) is 12.5 Å². The van der Waals surface area contributed by atoms with E-state index in [9.17, 15) is 0 Å². The minimum atomic E-state index is -2.15. The van der Waals surface area contributed by atoms with Crippen molar-refractivity contribution in [3.63, 3.8) is 0 Å². The molecule has 0 fully saturated rings. The highest BCUT2D eigenvalue weighted by Gasteiger charge is 2.27. The first-order valence-corrected chi connectivity index (χ1v) is 7.29. The van der Waals surface area contributed by atoms with Gasteiger partial charge in [0.25, 0.3) is 6.33 Å². The fraction of sp³-hybridized carbons (Fsp3) is 0.278. The topological polar surface area (TPSA) is 34.6 Å². The molecule has 1 aromatic carbocycles. The second kappa shape index (κ2) is 4.50. The molecule has 0 N–H and O–H groups in total. The predicted octanol–water partition coefficient (Wildman–Crippen LogP) is 2.59. The molecule has 0 atom stereocenters. The first-order chi connectivity index (χ1) is 11.8. The molecule has 4 heteroatoms. The first-order valence-electron chi connectivity index (χ1n) is 8.79. The molecule has 3 heterocycles. The Morgan fingerprint density at radius 2 is 2.14 bits per heavy atom. The van der Waals surface area contributed by atoms with Gasteiger partial charge in [-0.15, -0.1) is 0 Å². The summed E-state index contributed by atoms with van der Waals surface area (Å²) in [5, 5.41) is 0. The van der Waals surface area contributed by atoms with Crippen molar-refractivity contribution in [1.29, 1.82) is 0 Å². The Bertz CT molecular complexity index is 1000. The molecule has 0 bridgehead atoms. The zero-order valence-electron chi connectivity index (χ0n) is 15.9. The monoisotopic (exact) mass is 294 g/mol. The second-order valence-electron chi connectivity index (χ2n) is 5.85. The lowest BCUT2D eigenvalue weighted by molar-refractivity contribution is -0.663. The number of imidazole rings is 1. The highest BCUT2D eigenvalue weighted by molar-refractivity contribution is 5.77. The number of aromatic nitrogens is 4. The molecular formula is C18H19N4+. The van der Waals surface area contributed by atoms with E-state index in [4.69, 9.17) is 4.11 Å². The third-order valence-corrected chi connectivity index (χ3v) is 4.36. The van der Waals surface area contributed by atoms with Gasteiger partial charge in [-0.3, -0.25) is 0 Å². The van der Waals surface area contributed by atoms with Gasteiger partial charge in [-0.2, -0.15) is 0 Å². The van der Waals surface area contributed by atoms with E-state index in [1.165, 1.54) is 0 Å². The van der Waals surface area contributed by atoms with Crippen molar-refractivity contribution in [2.24, 2.45) is 7.05 Å². The standard InChI is InChI=1S/C18H19N4/c1-11-7-14-9-16-19-5-6-22(16)18(14)17(13(11)3)15-8-12(2)20-10-21(15)4/h5-8,10H,9H2,1-4H3/q+1/i1D3. The molecule has 4 rings (SSSR count). The number of fused-ring (bicyclic) bond motifs is 3. The Morgan fingerprint density at radius 3 is 2.95 bits per heavy atom. The van der Waals surface area contributed by atoms with E-state index < -0.39 is 6.85 Å². The maximum absolute atomic E-state index is 7.95.